The lowest BCUT2D eigenvalue weighted by atomic mass is 10.2. The van der Waals surface area contributed by atoms with Gasteiger partial charge in [0.25, 0.3) is 0 Å². The second-order valence-electron chi connectivity index (χ2n) is 2.04. The fourth-order valence-corrected chi connectivity index (χ4v) is 0.784. The molecule has 0 aliphatic rings. The Hall–Kier alpha value is -1.64. The number of phenols is 1. The van der Waals surface area contributed by atoms with E-state index in [2.05, 4.69) is 11.8 Å². The van der Waals surface area contributed by atoms with E-state index in [1.165, 1.54) is 18.2 Å². The summed E-state index contributed by atoms with van der Waals surface area (Å²) >= 11 is 0. The predicted molar refractivity (Wildman–Crippen MR) is 43.7 cm³/mol. The van der Waals surface area contributed by atoms with Crippen molar-refractivity contribution in [1.82, 2.24) is 0 Å². The Morgan fingerprint density at radius 2 is 2.27 bits per heavy atom. The molecule has 1 rings (SSSR count). The first-order valence-corrected chi connectivity index (χ1v) is 3.06. The molecular formula is C8H7NO2. The molecule has 3 nitrogen and oxygen atoms in total. The van der Waals surface area contributed by atoms with Gasteiger partial charge in [0.1, 0.15) is 11.4 Å². The molecule has 0 atom stereocenters. The van der Waals surface area contributed by atoms with Gasteiger partial charge in [0.15, 0.2) is 0 Å². The Labute approximate surface area is 64.0 Å². The number of benzene rings is 1. The van der Waals surface area contributed by atoms with Gasteiger partial charge in [0.2, 0.25) is 0 Å². The molecule has 0 amide bonds. The van der Waals surface area contributed by atoms with Crippen molar-refractivity contribution in [2.24, 2.45) is 5.18 Å². The first-order chi connectivity index (χ1) is 5.27. The smallest absolute Gasteiger partial charge is 0.118 e. The van der Waals surface area contributed by atoms with E-state index in [9.17, 15) is 4.91 Å². The third-order valence-corrected chi connectivity index (χ3v) is 1.33. The zero-order valence-corrected chi connectivity index (χ0v) is 5.82. The summed E-state index contributed by atoms with van der Waals surface area (Å²) in [7, 11) is 0. The largest absolute Gasteiger partial charge is 0.508 e. The summed E-state index contributed by atoms with van der Waals surface area (Å²) in [5.74, 6) is 0.0326. The second kappa shape index (κ2) is 2.96. The van der Waals surface area contributed by atoms with Crippen molar-refractivity contribution in [3.8, 4) is 5.75 Å². The highest BCUT2D eigenvalue weighted by molar-refractivity contribution is 5.64. The molecule has 0 bridgehead atoms. The van der Waals surface area contributed by atoms with E-state index in [4.69, 9.17) is 5.11 Å². The van der Waals surface area contributed by atoms with Crippen LogP contribution in [0.15, 0.2) is 30.0 Å². The molecule has 0 fully saturated rings. The highest BCUT2D eigenvalue weighted by Gasteiger charge is 1.99. The van der Waals surface area contributed by atoms with Crippen LogP contribution in [0.4, 0.5) is 5.69 Å². The molecule has 0 heterocycles. The highest BCUT2D eigenvalue weighted by Crippen LogP contribution is 2.24. The average Bonchev–Trinajstić information content (AvgIpc) is 2.04. The van der Waals surface area contributed by atoms with E-state index in [-0.39, 0.29) is 11.4 Å². The third kappa shape index (κ3) is 1.43. The molecule has 1 aromatic rings. The van der Waals surface area contributed by atoms with E-state index in [1.54, 1.807) is 6.07 Å². The SMILES string of the molecule is C=Cc1ccc(O)cc1N=O. The van der Waals surface area contributed by atoms with Crippen molar-refractivity contribution in [2.75, 3.05) is 0 Å². The summed E-state index contributed by atoms with van der Waals surface area (Å²) in [6.07, 6.45) is 1.51. The minimum absolute atomic E-state index is 0.0326. The van der Waals surface area contributed by atoms with E-state index in [0.29, 0.717) is 5.56 Å². The molecule has 0 aliphatic heterocycles. The Balaban J connectivity index is 3.26. The summed E-state index contributed by atoms with van der Waals surface area (Å²) in [5, 5.41) is 11.7. The first-order valence-electron chi connectivity index (χ1n) is 3.06. The van der Waals surface area contributed by atoms with Gasteiger partial charge in [-0.25, -0.2) is 0 Å². The van der Waals surface area contributed by atoms with Gasteiger partial charge in [0.05, 0.1) is 0 Å². The molecule has 1 N–H and O–H groups in total. The Bertz CT molecular complexity index is 294. The lowest BCUT2D eigenvalue weighted by Gasteiger charge is -1.96. The van der Waals surface area contributed by atoms with E-state index >= 15 is 0 Å². The molecule has 0 unspecified atom stereocenters. The lowest BCUT2D eigenvalue weighted by Crippen LogP contribution is -1.72. The normalized spacial score (nSPS) is 9.09. The molecule has 0 saturated carbocycles. The van der Waals surface area contributed by atoms with Crippen LogP contribution >= 0.6 is 0 Å². The maximum Gasteiger partial charge on any atom is 0.118 e. The summed E-state index contributed by atoms with van der Waals surface area (Å²) in [6.45, 7) is 3.49. The molecule has 0 spiro atoms. The van der Waals surface area contributed by atoms with Crippen molar-refractivity contribution >= 4 is 11.8 Å². The van der Waals surface area contributed by atoms with E-state index < -0.39 is 0 Å². The molecule has 0 radical (unpaired) electrons. The average molecular weight is 149 g/mol. The van der Waals surface area contributed by atoms with Crippen molar-refractivity contribution in [3.05, 3.63) is 35.2 Å². The Morgan fingerprint density at radius 3 is 2.82 bits per heavy atom. The Kier molecular flexibility index (Phi) is 2.01. The predicted octanol–water partition coefficient (Wildman–Crippen LogP) is 2.43. The number of hydrogen-bond donors (Lipinski definition) is 1. The van der Waals surface area contributed by atoms with Crippen LogP contribution in [0.1, 0.15) is 5.56 Å². The number of nitrogens with zero attached hydrogens (tertiary/aromatic N) is 1. The number of nitroso groups, excluding NO2 is 1. The molecule has 0 aromatic heterocycles. The van der Waals surface area contributed by atoms with Gasteiger partial charge in [-0.15, -0.1) is 4.91 Å². The van der Waals surface area contributed by atoms with Crippen LogP contribution in [-0.2, 0) is 0 Å². The second-order valence-corrected chi connectivity index (χ2v) is 2.04. The van der Waals surface area contributed by atoms with Crippen LogP contribution in [0.3, 0.4) is 0 Å². The molecular weight excluding hydrogens is 142 g/mol. The number of aromatic hydroxyl groups is 1. The molecule has 1 aromatic carbocycles. The van der Waals surface area contributed by atoms with E-state index in [1.807, 2.05) is 0 Å². The molecule has 3 heteroatoms. The third-order valence-electron chi connectivity index (χ3n) is 1.33. The molecule has 0 saturated heterocycles. The van der Waals surface area contributed by atoms with Gasteiger partial charge in [-0.3, -0.25) is 0 Å². The summed E-state index contributed by atoms with van der Waals surface area (Å²) in [6, 6.07) is 4.36. The first kappa shape index (κ1) is 7.47. The molecule has 56 valence electrons. The number of rotatable bonds is 2. The number of hydrogen-bond acceptors (Lipinski definition) is 3. The van der Waals surface area contributed by atoms with Crippen molar-refractivity contribution < 1.29 is 5.11 Å². The molecule has 11 heavy (non-hydrogen) atoms. The van der Waals surface area contributed by atoms with Gasteiger partial charge in [-0.05, 0) is 17.3 Å². The summed E-state index contributed by atoms with van der Waals surface area (Å²) in [5.41, 5.74) is 0.831. The minimum atomic E-state index is 0.0326. The van der Waals surface area contributed by atoms with E-state index in [0.717, 1.165) is 0 Å². The van der Waals surface area contributed by atoms with Crippen LogP contribution in [0.25, 0.3) is 6.08 Å². The van der Waals surface area contributed by atoms with Crippen LogP contribution in [0.2, 0.25) is 0 Å². The van der Waals surface area contributed by atoms with Gasteiger partial charge >= 0.3 is 0 Å². The zero-order chi connectivity index (χ0) is 8.27. The fourth-order valence-electron chi connectivity index (χ4n) is 0.784. The summed E-state index contributed by atoms with van der Waals surface area (Å²) < 4.78 is 0. The lowest BCUT2D eigenvalue weighted by molar-refractivity contribution is 0.475. The summed E-state index contributed by atoms with van der Waals surface area (Å²) in [4.78, 5) is 10.1. The monoisotopic (exact) mass is 149 g/mol. The molecule has 0 aliphatic carbocycles. The quantitative estimate of drug-likeness (QED) is 0.656. The van der Waals surface area contributed by atoms with Crippen LogP contribution in [0.5, 0.6) is 5.75 Å². The van der Waals surface area contributed by atoms with Gasteiger partial charge in [-0.1, -0.05) is 12.7 Å². The highest BCUT2D eigenvalue weighted by atomic mass is 16.3. The minimum Gasteiger partial charge on any atom is -0.508 e. The van der Waals surface area contributed by atoms with Crippen molar-refractivity contribution in [3.63, 3.8) is 0 Å². The van der Waals surface area contributed by atoms with Crippen molar-refractivity contribution in [2.45, 2.75) is 0 Å². The zero-order valence-electron chi connectivity index (χ0n) is 5.82. The topological polar surface area (TPSA) is 49.7 Å². The maximum absolute atomic E-state index is 10.1. The van der Waals surface area contributed by atoms with Gasteiger partial charge in [0, 0.05) is 11.6 Å². The maximum atomic E-state index is 10.1. The fraction of sp³-hybridized carbons (Fsp3) is 0. The number of phenolic OH excluding ortho intramolecular Hbond substituents is 1. The Morgan fingerprint density at radius 1 is 1.55 bits per heavy atom. The standard InChI is InChI=1S/C8H7NO2/c1-2-6-3-4-7(10)5-8(6)9-11/h2-5,10H,1H2. The van der Waals surface area contributed by atoms with Gasteiger partial charge < -0.3 is 5.11 Å². The van der Waals surface area contributed by atoms with Crippen LogP contribution < -0.4 is 0 Å². The van der Waals surface area contributed by atoms with Crippen LogP contribution in [-0.4, -0.2) is 5.11 Å². The van der Waals surface area contributed by atoms with Crippen LogP contribution in [0, 0.1) is 4.91 Å². The van der Waals surface area contributed by atoms with Crippen molar-refractivity contribution in [1.29, 1.82) is 0 Å². The van der Waals surface area contributed by atoms with Gasteiger partial charge in [-0.2, -0.15) is 0 Å².